The zero-order valence-electron chi connectivity index (χ0n) is 15.2. The number of nitrogens with one attached hydrogen (secondary N) is 1. The van der Waals surface area contributed by atoms with E-state index in [4.69, 9.17) is 4.42 Å². The van der Waals surface area contributed by atoms with Gasteiger partial charge in [0, 0.05) is 20.1 Å². The molecule has 0 aliphatic carbocycles. The van der Waals surface area contributed by atoms with Crippen molar-refractivity contribution in [2.45, 2.75) is 33.2 Å². The number of nitrogens with zero attached hydrogens (tertiary/aromatic N) is 3. The lowest BCUT2D eigenvalue weighted by molar-refractivity contribution is 0.371. The van der Waals surface area contributed by atoms with Crippen LogP contribution in [0, 0.1) is 13.8 Å². The van der Waals surface area contributed by atoms with E-state index in [1.54, 1.807) is 0 Å². The van der Waals surface area contributed by atoms with E-state index in [1.165, 1.54) is 11.1 Å². The Hall–Kier alpha value is -2.56. The molecule has 0 amide bonds. The number of aryl methyl sites for hydroxylation is 2. The van der Waals surface area contributed by atoms with Crippen LogP contribution in [0.4, 0.5) is 0 Å². The topological polar surface area (TPSA) is 53.7 Å². The molecule has 1 aromatic heterocycles. The summed E-state index contributed by atoms with van der Waals surface area (Å²) in [7, 11) is 1.82. The summed E-state index contributed by atoms with van der Waals surface area (Å²) in [4.78, 5) is 11.1. The van der Waals surface area contributed by atoms with Crippen molar-refractivity contribution in [1.82, 2.24) is 15.2 Å². The van der Waals surface area contributed by atoms with E-state index in [2.05, 4.69) is 56.6 Å². The van der Waals surface area contributed by atoms with Gasteiger partial charge in [0.25, 0.3) is 0 Å². The molecular weight excluding hydrogens is 312 g/mol. The summed E-state index contributed by atoms with van der Waals surface area (Å²) in [5.41, 5.74) is 3.72. The number of aromatic nitrogens is 1. The molecule has 0 bridgehead atoms. The number of aliphatic imine (C=N–C) groups is 1. The molecule has 1 fully saturated rings. The van der Waals surface area contributed by atoms with Gasteiger partial charge in [-0.15, -0.1) is 0 Å². The predicted molar refractivity (Wildman–Crippen MR) is 101 cm³/mol. The van der Waals surface area contributed by atoms with Gasteiger partial charge in [0.2, 0.25) is 5.89 Å². The van der Waals surface area contributed by atoms with Gasteiger partial charge in [-0.05, 0) is 32.3 Å². The molecule has 1 aliphatic rings. The molecule has 132 valence electrons. The fourth-order valence-electron chi connectivity index (χ4n) is 3.04. The summed E-state index contributed by atoms with van der Waals surface area (Å²) in [5, 5.41) is 3.36. The molecule has 0 radical (unpaired) electrons. The van der Waals surface area contributed by atoms with Gasteiger partial charge in [0.1, 0.15) is 5.76 Å². The first-order valence-electron chi connectivity index (χ1n) is 8.78. The van der Waals surface area contributed by atoms with Crippen LogP contribution in [-0.2, 0) is 6.54 Å². The normalized spacial score (nSPS) is 15.4. The van der Waals surface area contributed by atoms with E-state index in [9.17, 15) is 0 Å². The van der Waals surface area contributed by atoms with E-state index < -0.39 is 0 Å². The number of hydrogen-bond acceptors (Lipinski definition) is 3. The Balaban J connectivity index is 1.54. The minimum Gasteiger partial charge on any atom is -0.444 e. The molecule has 1 N–H and O–H groups in total. The van der Waals surface area contributed by atoms with Crippen LogP contribution in [-0.4, -0.2) is 36.0 Å². The minimum atomic E-state index is 0.560. The molecule has 2 aromatic rings. The Kier molecular flexibility index (Phi) is 5.53. The Labute approximate surface area is 149 Å². The SMILES string of the molecule is CN=C(NCc1nc(C)c(C)o1)N1CCC(=Cc2ccccc2)CC1. The summed E-state index contributed by atoms with van der Waals surface area (Å²) >= 11 is 0. The number of benzene rings is 1. The lowest BCUT2D eigenvalue weighted by atomic mass is 10.0. The Morgan fingerprint density at radius 1 is 1.24 bits per heavy atom. The number of piperidine rings is 1. The Morgan fingerprint density at radius 3 is 2.56 bits per heavy atom. The van der Waals surface area contributed by atoms with Crippen molar-refractivity contribution in [2.24, 2.45) is 4.99 Å². The van der Waals surface area contributed by atoms with Crippen LogP contribution in [0.2, 0.25) is 0 Å². The van der Waals surface area contributed by atoms with E-state index in [0.717, 1.165) is 43.3 Å². The van der Waals surface area contributed by atoms with E-state index in [0.29, 0.717) is 12.4 Å². The number of hydrogen-bond donors (Lipinski definition) is 1. The Bertz CT molecular complexity index is 732. The van der Waals surface area contributed by atoms with Gasteiger partial charge in [-0.3, -0.25) is 4.99 Å². The minimum absolute atomic E-state index is 0.560. The molecule has 1 aliphatic heterocycles. The van der Waals surface area contributed by atoms with Crippen LogP contribution in [0.5, 0.6) is 0 Å². The zero-order chi connectivity index (χ0) is 17.6. The maximum Gasteiger partial charge on any atom is 0.214 e. The molecule has 5 nitrogen and oxygen atoms in total. The van der Waals surface area contributed by atoms with Crippen LogP contribution in [0.25, 0.3) is 6.08 Å². The molecule has 2 heterocycles. The number of oxazole rings is 1. The average Bonchev–Trinajstić information content (AvgIpc) is 2.95. The van der Waals surface area contributed by atoms with Crippen molar-refractivity contribution in [3.05, 3.63) is 58.8 Å². The zero-order valence-corrected chi connectivity index (χ0v) is 15.2. The number of guanidine groups is 1. The van der Waals surface area contributed by atoms with Crippen LogP contribution >= 0.6 is 0 Å². The first kappa shape index (κ1) is 17.3. The van der Waals surface area contributed by atoms with E-state index >= 15 is 0 Å². The van der Waals surface area contributed by atoms with Gasteiger partial charge >= 0.3 is 0 Å². The summed E-state index contributed by atoms with van der Waals surface area (Å²) in [6.45, 7) is 6.41. The molecule has 25 heavy (non-hydrogen) atoms. The van der Waals surface area contributed by atoms with Gasteiger partial charge in [0.15, 0.2) is 5.96 Å². The van der Waals surface area contributed by atoms with Crippen molar-refractivity contribution in [3.8, 4) is 0 Å². The van der Waals surface area contributed by atoms with Crippen LogP contribution in [0.1, 0.15) is 35.7 Å². The van der Waals surface area contributed by atoms with Crippen LogP contribution < -0.4 is 5.32 Å². The molecule has 3 rings (SSSR count). The summed E-state index contributed by atoms with van der Waals surface area (Å²) in [5.74, 6) is 2.49. The third kappa shape index (κ3) is 4.50. The molecule has 1 aromatic carbocycles. The maximum atomic E-state index is 5.62. The third-order valence-electron chi connectivity index (χ3n) is 4.56. The molecule has 0 unspecified atom stereocenters. The fraction of sp³-hybridized carbons (Fsp3) is 0.400. The summed E-state index contributed by atoms with van der Waals surface area (Å²) in [6, 6.07) is 10.5. The predicted octanol–water partition coefficient (Wildman–Crippen LogP) is 3.55. The van der Waals surface area contributed by atoms with Gasteiger partial charge in [-0.25, -0.2) is 4.98 Å². The summed E-state index contributed by atoms with van der Waals surface area (Å²) in [6.07, 6.45) is 4.44. The quantitative estimate of drug-likeness (QED) is 0.687. The monoisotopic (exact) mass is 338 g/mol. The highest BCUT2D eigenvalue weighted by Gasteiger charge is 2.17. The molecule has 0 atom stereocenters. The highest BCUT2D eigenvalue weighted by molar-refractivity contribution is 5.80. The average molecular weight is 338 g/mol. The highest BCUT2D eigenvalue weighted by atomic mass is 16.4. The van der Waals surface area contributed by atoms with E-state index in [1.807, 2.05) is 20.9 Å². The second-order valence-corrected chi connectivity index (χ2v) is 6.35. The molecule has 0 saturated carbocycles. The lowest BCUT2D eigenvalue weighted by Crippen LogP contribution is -2.44. The van der Waals surface area contributed by atoms with Crippen LogP contribution in [0.15, 0.2) is 45.3 Å². The van der Waals surface area contributed by atoms with Gasteiger partial charge in [-0.1, -0.05) is 42.0 Å². The van der Waals surface area contributed by atoms with Crippen molar-refractivity contribution in [2.75, 3.05) is 20.1 Å². The highest BCUT2D eigenvalue weighted by Crippen LogP contribution is 2.19. The van der Waals surface area contributed by atoms with Crippen molar-refractivity contribution in [1.29, 1.82) is 0 Å². The lowest BCUT2D eigenvalue weighted by Gasteiger charge is -2.31. The first-order chi connectivity index (χ1) is 12.2. The molecule has 5 heteroatoms. The molecule has 1 saturated heterocycles. The van der Waals surface area contributed by atoms with E-state index in [-0.39, 0.29) is 0 Å². The van der Waals surface area contributed by atoms with Crippen molar-refractivity contribution in [3.63, 3.8) is 0 Å². The second kappa shape index (κ2) is 8.01. The van der Waals surface area contributed by atoms with Crippen molar-refractivity contribution < 1.29 is 4.42 Å². The first-order valence-corrected chi connectivity index (χ1v) is 8.78. The maximum absolute atomic E-state index is 5.62. The molecular formula is C20H26N4O. The third-order valence-corrected chi connectivity index (χ3v) is 4.56. The second-order valence-electron chi connectivity index (χ2n) is 6.35. The number of rotatable bonds is 3. The van der Waals surface area contributed by atoms with Gasteiger partial charge in [-0.2, -0.15) is 0 Å². The van der Waals surface area contributed by atoms with Gasteiger partial charge in [0.05, 0.1) is 12.2 Å². The summed E-state index contributed by atoms with van der Waals surface area (Å²) < 4.78 is 5.62. The Morgan fingerprint density at radius 2 is 1.96 bits per heavy atom. The number of likely N-dealkylation sites (tertiary alicyclic amines) is 1. The van der Waals surface area contributed by atoms with Gasteiger partial charge < -0.3 is 14.6 Å². The largest absolute Gasteiger partial charge is 0.444 e. The fourth-order valence-corrected chi connectivity index (χ4v) is 3.04. The standard InChI is InChI=1S/C20H26N4O/c1-15-16(2)25-19(23-15)14-22-20(21-3)24-11-9-18(10-12-24)13-17-7-5-4-6-8-17/h4-8,13H,9-12,14H2,1-3H3,(H,21,22). The molecule has 0 spiro atoms. The van der Waals surface area contributed by atoms with Crippen molar-refractivity contribution >= 4 is 12.0 Å². The van der Waals surface area contributed by atoms with Crippen LogP contribution in [0.3, 0.4) is 0 Å². The smallest absolute Gasteiger partial charge is 0.214 e.